The van der Waals surface area contributed by atoms with Crippen molar-refractivity contribution in [3.05, 3.63) is 92.0 Å². The van der Waals surface area contributed by atoms with E-state index in [4.69, 9.17) is 39.8 Å². The molecule has 13 heteroatoms. The van der Waals surface area contributed by atoms with Crippen LogP contribution < -0.4 is 10.6 Å². The molecule has 1 aromatic heterocycles. The maximum atomic E-state index is 13.6. The lowest BCUT2D eigenvalue weighted by molar-refractivity contribution is -0.384. The van der Waals surface area contributed by atoms with Crippen molar-refractivity contribution in [2.45, 2.75) is 0 Å². The molecule has 0 spiro atoms. The fourth-order valence-electron chi connectivity index (χ4n) is 3.07. The molecule has 0 fully saturated rings. The Kier molecular flexibility index (Phi) is 7.25. The van der Waals surface area contributed by atoms with Crippen LogP contribution in [0.4, 0.5) is 20.2 Å². The minimum absolute atomic E-state index is 0.00509. The zero-order valence-electron chi connectivity index (χ0n) is 17.7. The number of carbonyl (C=O) groups excluding carboxylic acids is 1. The van der Waals surface area contributed by atoms with Crippen LogP contribution in [0.1, 0.15) is 5.56 Å². The Morgan fingerprint density at radius 2 is 1.83 bits per heavy atom. The summed E-state index contributed by atoms with van der Waals surface area (Å²) in [5, 5.41) is 16.1. The number of nitrogens with zero attached hydrogens (tertiary/aromatic N) is 2. The van der Waals surface area contributed by atoms with Crippen LogP contribution in [0, 0.1) is 21.7 Å². The van der Waals surface area contributed by atoms with Gasteiger partial charge in [-0.3, -0.25) is 20.2 Å². The van der Waals surface area contributed by atoms with Crippen molar-refractivity contribution in [2.75, 3.05) is 5.32 Å². The summed E-state index contributed by atoms with van der Waals surface area (Å²) in [4.78, 5) is 26.8. The Bertz CT molecular complexity index is 1580. The molecule has 0 saturated heterocycles. The molecule has 1 heterocycles. The Labute approximate surface area is 216 Å². The molecule has 4 aromatic rings. The van der Waals surface area contributed by atoms with E-state index in [-0.39, 0.29) is 32.3 Å². The van der Waals surface area contributed by atoms with E-state index in [0.29, 0.717) is 22.4 Å². The zero-order chi connectivity index (χ0) is 26.0. The number of hydrogen-bond acceptors (Lipinski definition) is 6. The number of amides is 1. The number of rotatable bonds is 5. The van der Waals surface area contributed by atoms with Crippen LogP contribution in [0.3, 0.4) is 0 Å². The van der Waals surface area contributed by atoms with Gasteiger partial charge in [0, 0.05) is 17.8 Å². The van der Waals surface area contributed by atoms with E-state index in [9.17, 15) is 23.7 Å². The highest BCUT2D eigenvalue weighted by atomic mass is 35.5. The number of aromatic nitrogens is 1. The number of nitrogens with one attached hydrogen (secondary N) is 2. The largest absolute Gasteiger partial charge is 0.436 e. The minimum atomic E-state index is -1.09. The third kappa shape index (κ3) is 5.65. The van der Waals surface area contributed by atoms with E-state index in [0.717, 1.165) is 18.2 Å². The van der Waals surface area contributed by atoms with Crippen molar-refractivity contribution in [1.29, 1.82) is 0 Å². The molecule has 0 unspecified atom stereocenters. The van der Waals surface area contributed by atoms with Gasteiger partial charge in [0.25, 0.3) is 5.69 Å². The summed E-state index contributed by atoms with van der Waals surface area (Å²) in [7, 11) is 0. The number of carbonyl (C=O) groups is 1. The number of thiocarbonyl (C=S) groups is 1. The predicted octanol–water partition coefficient (Wildman–Crippen LogP) is 6.51. The quantitative estimate of drug-likeness (QED) is 0.0960. The third-order valence-corrected chi connectivity index (χ3v) is 5.55. The third-order valence-electron chi connectivity index (χ3n) is 4.72. The fraction of sp³-hybridized carbons (Fsp3) is 0. The van der Waals surface area contributed by atoms with Crippen molar-refractivity contribution in [3.8, 4) is 11.5 Å². The SMILES string of the molecule is O=C(/C=C/c1ccc(Cl)c([N+](=O)[O-])c1)NC(=S)Nc1ccc2oc(-c3cc(F)c(F)cc3Cl)nc2c1. The Hall–Kier alpha value is -3.93. The lowest BCUT2D eigenvalue weighted by atomic mass is 10.2. The van der Waals surface area contributed by atoms with Crippen LogP contribution in [0.15, 0.2) is 59.0 Å². The highest BCUT2D eigenvalue weighted by Crippen LogP contribution is 2.32. The first-order chi connectivity index (χ1) is 17.1. The van der Waals surface area contributed by atoms with Gasteiger partial charge in [-0.25, -0.2) is 13.8 Å². The van der Waals surface area contributed by atoms with Gasteiger partial charge >= 0.3 is 0 Å². The molecule has 8 nitrogen and oxygen atoms in total. The molecule has 0 aliphatic rings. The summed E-state index contributed by atoms with van der Waals surface area (Å²) in [6.45, 7) is 0. The molecule has 4 rings (SSSR count). The highest BCUT2D eigenvalue weighted by Gasteiger charge is 2.16. The summed E-state index contributed by atoms with van der Waals surface area (Å²) in [5.41, 5.74) is 1.38. The average molecular weight is 549 g/mol. The van der Waals surface area contributed by atoms with Crippen LogP contribution >= 0.6 is 35.4 Å². The van der Waals surface area contributed by atoms with Gasteiger partial charge in [0.1, 0.15) is 10.5 Å². The maximum absolute atomic E-state index is 13.6. The molecular formula is C23H12Cl2F2N4O4S. The van der Waals surface area contributed by atoms with Gasteiger partial charge in [-0.05, 0) is 60.3 Å². The van der Waals surface area contributed by atoms with Gasteiger partial charge < -0.3 is 9.73 Å². The first-order valence-corrected chi connectivity index (χ1v) is 11.1. The van der Waals surface area contributed by atoms with Crippen LogP contribution in [-0.2, 0) is 4.79 Å². The monoisotopic (exact) mass is 548 g/mol. The highest BCUT2D eigenvalue weighted by molar-refractivity contribution is 7.80. The second kappa shape index (κ2) is 10.4. The summed E-state index contributed by atoms with van der Waals surface area (Å²) in [6, 6.07) is 10.6. The van der Waals surface area contributed by atoms with Crippen LogP contribution in [0.2, 0.25) is 10.0 Å². The number of nitro benzene ring substituents is 1. The van der Waals surface area contributed by atoms with Gasteiger partial charge in [0.05, 0.1) is 15.5 Å². The number of oxazole rings is 1. The summed E-state index contributed by atoms with van der Waals surface area (Å²) < 4.78 is 32.6. The van der Waals surface area contributed by atoms with Crippen molar-refractivity contribution in [3.63, 3.8) is 0 Å². The Morgan fingerprint density at radius 1 is 1.08 bits per heavy atom. The van der Waals surface area contributed by atoms with Gasteiger partial charge in [-0.2, -0.15) is 0 Å². The molecule has 2 N–H and O–H groups in total. The molecule has 3 aromatic carbocycles. The van der Waals surface area contributed by atoms with Gasteiger partial charge in [-0.1, -0.05) is 29.3 Å². The second-order valence-corrected chi connectivity index (χ2v) is 8.42. The van der Waals surface area contributed by atoms with Crippen molar-refractivity contribution in [2.24, 2.45) is 0 Å². The molecular weight excluding hydrogens is 537 g/mol. The van der Waals surface area contributed by atoms with Gasteiger partial charge in [0.2, 0.25) is 11.8 Å². The Morgan fingerprint density at radius 3 is 2.58 bits per heavy atom. The van der Waals surface area contributed by atoms with E-state index in [1.54, 1.807) is 18.2 Å². The number of hydrogen-bond donors (Lipinski definition) is 2. The first kappa shape index (κ1) is 25.2. The Balaban J connectivity index is 1.43. The predicted molar refractivity (Wildman–Crippen MR) is 136 cm³/mol. The molecule has 36 heavy (non-hydrogen) atoms. The van der Waals surface area contributed by atoms with Crippen molar-refractivity contribution >= 4 is 75.0 Å². The van der Waals surface area contributed by atoms with E-state index < -0.39 is 22.5 Å². The number of nitro groups is 1. The summed E-state index contributed by atoms with van der Waals surface area (Å²) in [6.07, 6.45) is 2.52. The molecule has 182 valence electrons. The number of benzene rings is 3. The lowest BCUT2D eigenvalue weighted by Crippen LogP contribution is -2.32. The van der Waals surface area contributed by atoms with E-state index in [2.05, 4.69) is 15.6 Å². The molecule has 0 aliphatic heterocycles. The van der Waals surface area contributed by atoms with Gasteiger partial charge in [0.15, 0.2) is 22.3 Å². The van der Waals surface area contributed by atoms with Crippen molar-refractivity contribution < 1.29 is 22.9 Å². The smallest absolute Gasteiger partial charge is 0.288 e. The molecule has 0 saturated carbocycles. The van der Waals surface area contributed by atoms with E-state index >= 15 is 0 Å². The lowest BCUT2D eigenvalue weighted by Gasteiger charge is -2.07. The number of halogens is 4. The first-order valence-electron chi connectivity index (χ1n) is 9.90. The van der Waals surface area contributed by atoms with Crippen molar-refractivity contribution in [1.82, 2.24) is 10.3 Å². The average Bonchev–Trinajstić information content (AvgIpc) is 3.23. The minimum Gasteiger partial charge on any atom is -0.436 e. The van der Waals surface area contributed by atoms with E-state index in [1.165, 1.54) is 24.3 Å². The van der Waals surface area contributed by atoms with Crippen LogP contribution in [0.25, 0.3) is 28.6 Å². The van der Waals surface area contributed by atoms with Crippen LogP contribution in [-0.4, -0.2) is 20.9 Å². The van der Waals surface area contributed by atoms with Gasteiger partial charge in [-0.15, -0.1) is 0 Å². The normalized spacial score (nSPS) is 11.1. The fourth-order valence-corrected chi connectivity index (χ4v) is 3.70. The zero-order valence-corrected chi connectivity index (χ0v) is 20.0. The molecule has 0 aliphatic carbocycles. The topological polar surface area (TPSA) is 110 Å². The van der Waals surface area contributed by atoms with Crippen LogP contribution in [0.5, 0.6) is 0 Å². The summed E-state index contributed by atoms with van der Waals surface area (Å²) >= 11 is 16.9. The number of anilines is 1. The maximum Gasteiger partial charge on any atom is 0.288 e. The standard InChI is InChI=1S/C23H12Cl2F2N4O4S/c24-14-4-1-11(7-19(14)31(33)34)2-6-21(32)30-23(36)28-12-3-5-20-18(8-12)29-22(35-20)13-9-16(26)17(27)10-15(13)25/h1-10H,(H2,28,30,32,36)/b6-2+. The van der Waals surface area contributed by atoms with E-state index in [1.807, 2.05) is 0 Å². The molecule has 0 atom stereocenters. The second-order valence-electron chi connectivity index (χ2n) is 7.19. The molecule has 0 radical (unpaired) electrons. The number of fused-ring (bicyclic) bond motifs is 1. The molecule has 0 bridgehead atoms. The summed E-state index contributed by atoms with van der Waals surface area (Å²) in [5.74, 6) is -2.77. The molecule has 1 amide bonds.